The van der Waals surface area contributed by atoms with Crippen LogP contribution in [0, 0.1) is 5.41 Å². The van der Waals surface area contributed by atoms with Crippen LogP contribution in [0.25, 0.3) is 11.4 Å². The van der Waals surface area contributed by atoms with Crippen molar-refractivity contribution in [3.8, 4) is 11.4 Å². The highest BCUT2D eigenvalue weighted by atomic mass is 35.5. The van der Waals surface area contributed by atoms with Gasteiger partial charge in [0.25, 0.3) is 0 Å². The van der Waals surface area contributed by atoms with E-state index < -0.39 is 17.3 Å². The number of amides is 1. The molecule has 23 heavy (non-hydrogen) atoms. The number of aliphatic carboxylic acids is 1. The van der Waals surface area contributed by atoms with E-state index in [0.717, 1.165) is 5.56 Å². The van der Waals surface area contributed by atoms with E-state index in [-0.39, 0.29) is 6.54 Å². The highest BCUT2D eigenvalue weighted by Crippen LogP contribution is 2.46. The van der Waals surface area contributed by atoms with Gasteiger partial charge in [-0.25, -0.2) is 0 Å². The Bertz CT molecular complexity index is 737. The fourth-order valence-electron chi connectivity index (χ4n) is 2.19. The van der Waals surface area contributed by atoms with Crippen molar-refractivity contribution in [2.24, 2.45) is 5.41 Å². The van der Waals surface area contributed by atoms with Crippen molar-refractivity contribution in [1.29, 1.82) is 0 Å². The lowest BCUT2D eigenvalue weighted by molar-refractivity contribution is -0.149. The van der Waals surface area contributed by atoms with Gasteiger partial charge in [0.05, 0.1) is 0 Å². The van der Waals surface area contributed by atoms with Gasteiger partial charge < -0.3 is 14.9 Å². The molecule has 0 bridgehead atoms. The Morgan fingerprint density at radius 3 is 2.61 bits per heavy atom. The lowest BCUT2D eigenvalue weighted by atomic mass is 10.1. The van der Waals surface area contributed by atoms with Crippen molar-refractivity contribution in [2.75, 3.05) is 6.54 Å². The van der Waals surface area contributed by atoms with E-state index in [0.29, 0.717) is 36.0 Å². The first kappa shape index (κ1) is 15.5. The number of hydrogen-bond acceptors (Lipinski definition) is 5. The molecule has 1 aliphatic carbocycles. The first-order valence-electron chi connectivity index (χ1n) is 7.11. The molecule has 8 heteroatoms. The van der Waals surface area contributed by atoms with Crippen LogP contribution < -0.4 is 5.32 Å². The number of carbonyl (C=O) groups is 2. The number of hydrogen-bond donors (Lipinski definition) is 2. The Kier molecular flexibility index (Phi) is 4.04. The van der Waals surface area contributed by atoms with Crippen molar-refractivity contribution in [2.45, 2.75) is 19.3 Å². The summed E-state index contributed by atoms with van der Waals surface area (Å²) < 4.78 is 5.12. The summed E-state index contributed by atoms with van der Waals surface area (Å²) in [4.78, 5) is 27.1. The van der Waals surface area contributed by atoms with Gasteiger partial charge in [0.1, 0.15) is 5.41 Å². The normalized spacial score (nSPS) is 15.2. The van der Waals surface area contributed by atoms with E-state index in [1.54, 1.807) is 24.3 Å². The van der Waals surface area contributed by atoms with Crippen molar-refractivity contribution in [3.63, 3.8) is 0 Å². The molecule has 1 aromatic carbocycles. The number of rotatable bonds is 6. The average molecular weight is 336 g/mol. The van der Waals surface area contributed by atoms with Gasteiger partial charge in [-0.3, -0.25) is 9.59 Å². The highest BCUT2D eigenvalue weighted by Gasteiger charge is 2.56. The number of carbonyl (C=O) groups excluding carboxylic acids is 1. The van der Waals surface area contributed by atoms with E-state index in [2.05, 4.69) is 15.5 Å². The molecule has 7 nitrogen and oxygen atoms in total. The number of benzene rings is 1. The summed E-state index contributed by atoms with van der Waals surface area (Å²) in [6.07, 6.45) is 1.10. The zero-order chi connectivity index (χ0) is 16.4. The second kappa shape index (κ2) is 6.00. The molecule has 120 valence electrons. The topological polar surface area (TPSA) is 105 Å². The minimum atomic E-state index is -1.23. The van der Waals surface area contributed by atoms with Crippen LogP contribution in [0.5, 0.6) is 0 Å². The van der Waals surface area contributed by atoms with Crippen LogP contribution in [0.15, 0.2) is 28.8 Å². The summed E-state index contributed by atoms with van der Waals surface area (Å²) >= 11 is 5.82. The molecule has 1 aliphatic rings. The van der Waals surface area contributed by atoms with Crippen LogP contribution in [-0.4, -0.2) is 33.7 Å². The first-order valence-corrected chi connectivity index (χ1v) is 7.49. The zero-order valence-electron chi connectivity index (χ0n) is 12.1. The number of carboxylic acids is 1. The number of nitrogens with zero attached hydrogens (tertiary/aromatic N) is 2. The van der Waals surface area contributed by atoms with Crippen molar-refractivity contribution in [1.82, 2.24) is 15.5 Å². The molecule has 0 radical (unpaired) electrons. The summed E-state index contributed by atoms with van der Waals surface area (Å²) in [5, 5.41) is 16.1. The van der Waals surface area contributed by atoms with Crippen LogP contribution in [0.2, 0.25) is 5.02 Å². The molecule has 0 spiro atoms. The van der Waals surface area contributed by atoms with Crippen LogP contribution >= 0.6 is 11.6 Å². The maximum absolute atomic E-state index is 11.8. The molecule has 0 saturated heterocycles. The Balaban J connectivity index is 1.55. The number of nitrogens with one attached hydrogen (secondary N) is 1. The fraction of sp³-hybridized carbons (Fsp3) is 0.333. The van der Waals surface area contributed by atoms with Gasteiger partial charge in [0, 0.05) is 23.6 Å². The third kappa shape index (κ3) is 3.19. The molecule has 3 rings (SSSR count). The van der Waals surface area contributed by atoms with Gasteiger partial charge in [-0.15, -0.1) is 0 Å². The molecule has 2 N–H and O–H groups in total. The SMILES string of the molecule is O=C(O)C1(C(=O)NCCc2nc(-c3ccc(Cl)cc3)no2)CC1. The largest absolute Gasteiger partial charge is 0.480 e. The van der Waals surface area contributed by atoms with Crippen LogP contribution in [0.1, 0.15) is 18.7 Å². The Morgan fingerprint density at radius 2 is 2.00 bits per heavy atom. The molecule has 1 saturated carbocycles. The van der Waals surface area contributed by atoms with Crippen molar-refractivity contribution in [3.05, 3.63) is 35.2 Å². The summed E-state index contributed by atoms with van der Waals surface area (Å²) in [5.41, 5.74) is -0.459. The Labute approximate surface area is 136 Å². The molecule has 1 amide bonds. The van der Waals surface area contributed by atoms with E-state index in [1.807, 2.05) is 0 Å². The van der Waals surface area contributed by atoms with Crippen LogP contribution in [-0.2, 0) is 16.0 Å². The van der Waals surface area contributed by atoms with Gasteiger partial charge in [-0.2, -0.15) is 4.98 Å². The summed E-state index contributed by atoms with van der Waals surface area (Å²) in [6, 6.07) is 7.02. The van der Waals surface area contributed by atoms with Crippen LogP contribution in [0.4, 0.5) is 0 Å². The molecule has 0 unspecified atom stereocenters. The fourth-order valence-corrected chi connectivity index (χ4v) is 2.31. The average Bonchev–Trinajstić information content (AvgIpc) is 3.22. The first-order chi connectivity index (χ1) is 11.0. The lowest BCUT2D eigenvalue weighted by Gasteiger charge is -2.09. The minimum absolute atomic E-state index is 0.246. The van der Waals surface area contributed by atoms with Gasteiger partial charge in [0.15, 0.2) is 0 Å². The quantitative estimate of drug-likeness (QED) is 0.781. The maximum atomic E-state index is 11.8. The van der Waals surface area contributed by atoms with Crippen molar-refractivity contribution < 1.29 is 19.2 Å². The summed E-state index contributed by atoms with van der Waals surface area (Å²) in [7, 11) is 0. The monoisotopic (exact) mass is 335 g/mol. The number of halogens is 1. The van der Waals surface area contributed by atoms with Gasteiger partial charge in [-0.1, -0.05) is 16.8 Å². The molecule has 0 aliphatic heterocycles. The predicted octanol–water partition coefficient (Wildman–Crippen LogP) is 1.91. The molecule has 1 heterocycles. The zero-order valence-corrected chi connectivity index (χ0v) is 12.8. The molecular weight excluding hydrogens is 322 g/mol. The predicted molar refractivity (Wildman–Crippen MR) is 80.8 cm³/mol. The lowest BCUT2D eigenvalue weighted by Crippen LogP contribution is -2.37. The third-order valence-electron chi connectivity index (χ3n) is 3.79. The Hall–Kier alpha value is -2.41. The smallest absolute Gasteiger partial charge is 0.319 e. The molecule has 0 atom stereocenters. The summed E-state index contributed by atoms with van der Waals surface area (Å²) in [6.45, 7) is 0.246. The van der Waals surface area contributed by atoms with E-state index in [4.69, 9.17) is 21.2 Å². The molecule has 2 aromatic rings. The van der Waals surface area contributed by atoms with Gasteiger partial charge in [0.2, 0.25) is 17.6 Å². The minimum Gasteiger partial charge on any atom is -0.480 e. The van der Waals surface area contributed by atoms with Crippen molar-refractivity contribution >= 4 is 23.5 Å². The van der Waals surface area contributed by atoms with E-state index in [9.17, 15) is 9.59 Å². The molecule has 1 aromatic heterocycles. The van der Waals surface area contributed by atoms with E-state index >= 15 is 0 Å². The second-order valence-corrected chi connectivity index (χ2v) is 5.85. The third-order valence-corrected chi connectivity index (χ3v) is 4.04. The molecular formula is C15H14ClN3O4. The van der Waals surface area contributed by atoms with E-state index in [1.165, 1.54) is 0 Å². The second-order valence-electron chi connectivity index (χ2n) is 5.41. The highest BCUT2D eigenvalue weighted by molar-refractivity contribution is 6.30. The Morgan fingerprint density at radius 1 is 1.30 bits per heavy atom. The number of aromatic nitrogens is 2. The summed E-state index contributed by atoms with van der Waals surface area (Å²) in [5.74, 6) is -0.720. The van der Waals surface area contributed by atoms with Gasteiger partial charge >= 0.3 is 5.97 Å². The van der Waals surface area contributed by atoms with Crippen LogP contribution in [0.3, 0.4) is 0 Å². The maximum Gasteiger partial charge on any atom is 0.319 e. The standard InChI is InChI=1S/C15H14ClN3O4/c16-10-3-1-9(2-4-10)12-18-11(23-19-12)5-8-17-13(20)15(6-7-15)14(21)22/h1-4H,5-8H2,(H,17,20)(H,21,22). The number of carboxylic acid groups (broad SMARTS) is 1. The van der Waals surface area contributed by atoms with Gasteiger partial charge in [-0.05, 0) is 37.1 Å². The molecule has 1 fully saturated rings.